The summed E-state index contributed by atoms with van der Waals surface area (Å²) in [5.41, 5.74) is 5.24. The molecule has 0 unspecified atom stereocenters. The largest absolute Gasteiger partial charge is 0.386 e. The summed E-state index contributed by atoms with van der Waals surface area (Å²) in [7, 11) is 0. The zero-order valence-corrected chi connectivity index (χ0v) is 11.4. The van der Waals surface area contributed by atoms with Crippen molar-refractivity contribution in [3.63, 3.8) is 0 Å². The maximum absolute atomic E-state index is 14.1. The summed E-state index contributed by atoms with van der Waals surface area (Å²) in [6.07, 6.45) is 0. The van der Waals surface area contributed by atoms with Gasteiger partial charge in [-0.3, -0.25) is 4.79 Å². The number of carbonyl (C=O) groups is 1. The van der Waals surface area contributed by atoms with Gasteiger partial charge in [0.25, 0.3) is 0 Å². The van der Waals surface area contributed by atoms with E-state index in [2.05, 4.69) is 0 Å². The summed E-state index contributed by atoms with van der Waals surface area (Å²) in [6.45, 7) is 3.17. The molecule has 19 heavy (non-hydrogen) atoms. The second-order valence-corrected chi connectivity index (χ2v) is 5.70. The van der Waals surface area contributed by atoms with Gasteiger partial charge in [0.15, 0.2) is 0 Å². The molecule has 0 saturated heterocycles. The Morgan fingerprint density at radius 2 is 2.05 bits per heavy atom. The van der Waals surface area contributed by atoms with E-state index in [0.717, 1.165) is 0 Å². The highest BCUT2D eigenvalue weighted by Crippen LogP contribution is 2.33. The minimum atomic E-state index is -1.11. The number of amides is 1. The number of hydrogen-bond acceptors (Lipinski definition) is 3. The van der Waals surface area contributed by atoms with Gasteiger partial charge in [-0.05, 0) is 36.9 Å². The van der Waals surface area contributed by atoms with Gasteiger partial charge in [-0.15, -0.1) is 11.3 Å². The molecule has 0 aliphatic rings. The van der Waals surface area contributed by atoms with Crippen molar-refractivity contribution in [2.45, 2.75) is 19.4 Å². The summed E-state index contributed by atoms with van der Waals surface area (Å²) in [4.78, 5) is 11.8. The third kappa shape index (κ3) is 2.67. The fourth-order valence-corrected chi connectivity index (χ4v) is 2.72. The van der Waals surface area contributed by atoms with E-state index in [4.69, 9.17) is 5.73 Å². The zero-order chi connectivity index (χ0) is 14.2. The monoisotopic (exact) mass is 279 g/mol. The summed E-state index contributed by atoms with van der Waals surface area (Å²) >= 11 is 1.26. The SMILES string of the molecule is CC(C)(O)c1ccc(-c2sccc2C(N)=O)c(F)c1. The fourth-order valence-electron chi connectivity index (χ4n) is 1.79. The minimum absolute atomic E-state index is 0.305. The molecule has 1 aromatic heterocycles. The predicted octanol–water partition coefficient (Wildman–Crippen LogP) is 2.88. The van der Waals surface area contributed by atoms with Crippen LogP contribution in [0.1, 0.15) is 29.8 Å². The normalized spacial score (nSPS) is 11.6. The highest BCUT2D eigenvalue weighted by Gasteiger charge is 2.20. The molecule has 3 N–H and O–H groups in total. The van der Waals surface area contributed by atoms with Crippen LogP contribution in [0.2, 0.25) is 0 Å². The molecule has 100 valence electrons. The number of rotatable bonds is 3. The van der Waals surface area contributed by atoms with Gasteiger partial charge < -0.3 is 10.8 Å². The number of hydrogen-bond donors (Lipinski definition) is 2. The Morgan fingerprint density at radius 3 is 2.58 bits per heavy atom. The van der Waals surface area contributed by atoms with E-state index in [1.165, 1.54) is 17.4 Å². The molecule has 0 atom stereocenters. The third-order valence-corrected chi connectivity index (χ3v) is 3.80. The molecule has 0 aliphatic carbocycles. The van der Waals surface area contributed by atoms with Crippen molar-refractivity contribution in [3.8, 4) is 10.4 Å². The van der Waals surface area contributed by atoms with E-state index >= 15 is 0 Å². The molecular formula is C14H14FNO2S. The number of benzene rings is 1. The van der Waals surface area contributed by atoms with Crippen LogP contribution < -0.4 is 5.73 Å². The maximum atomic E-state index is 14.1. The Morgan fingerprint density at radius 1 is 1.37 bits per heavy atom. The van der Waals surface area contributed by atoms with Crippen molar-refractivity contribution >= 4 is 17.2 Å². The van der Waals surface area contributed by atoms with E-state index in [1.807, 2.05) is 0 Å². The Kier molecular flexibility index (Phi) is 3.43. The Labute approximate surface area is 114 Å². The summed E-state index contributed by atoms with van der Waals surface area (Å²) < 4.78 is 14.1. The second-order valence-electron chi connectivity index (χ2n) is 4.78. The van der Waals surface area contributed by atoms with Crippen molar-refractivity contribution in [3.05, 3.63) is 46.6 Å². The lowest BCUT2D eigenvalue weighted by Crippen LogP contribution is -2.15. The molecule has 0 fully saturated rings. The van der Waals surface area contributed by atoms with Gasteiger partial charge in [-0.1, -0.05) is 12.1 Å². The summed E-state index contributed by atoms with van der Waals surface area (Å²) in [5, 5.41) is 11.5. The first-order valence-corrected chi connectivity index (χ1v) is 6.58. The number of thiophene rings is 1. The van der Waals surface area contributed by atoms with Crippen molar-refractivity contribution in [1.82, 2.24) is 0 Å². The van der Waals surface area contributed by atoms with Crippen molar-refractivity contribution in [2.75, 3.05) is 0 Å². The molecule has 3 nitrogen and oxygen atoms in total. The van der Waals surface area contributed by atoms with Gasteiger partial charge in [0.05, 0.1) is 11.2 Å². The highest BCUT2D eigenvalue weighted by atomic mass is 32.1. The predicted molar refractivity (Wildman–Crippen MR) is 73.5 cm³/mol. The number of primary amides is 1. The van der Waals surface area contributed by atoms with Crippen LogP contribution in [-0.2, 0) is 5.60 Å². The van der Waals surface area contributed by atoms with Gasteiger partial charge in [0.2, 0.25) is 5.91 Å². The molecule has 1 aromatic carbocycles. The molecule has 2 rings (SSSR count). The van der Waals surface area contributed by atoms with E-state index in [1.54, 1.807) is 37.4 Å². The third-order valence-electron chi connectivity index (χ3n) is 2.85. The molecule has 2 aromatic rings. The highest BCUT2D eigenvalue weighted by molar-refractivity contribution is 7.14. The summed E-state index contributed by atoms with van der Waals surface area (Å²) in [5.74, 6) is -1.06. The molecule has 0 saturated carbocycles. The lowest BCUT2D eigenvalue weighted by Gasteiger charge is -2.18. The fraction of sp³-hybridized carbons (Fsp3) is 0.214. The van der Waals surface area contributed by atoms with Crippen LogP contribution in [0, 0.1) is 5.82 Å². The maximum Gasteiger partial charge on any atom is 0.250 e. The Balaban J connectivity index is 2.53. The number of carbonyl (C=O) groups excluding carboxylic acids is 1. The first kappa shape index (κ1) is 13.7. The topological polar surface area (TPSA) is 63.3 Å². The summed E-state index contributed by atoms with van der Waals surface area (Å²) in [6, 6.07) is 6.05. The molecule has 0 spiro atoms. The average molecular weight is 279 g/mol. The molecule has 5 heteroatoms. The lowest BCUT2D eigenvalue weighted by molar-refractivity contribution is 0.0782. The Bertz CT molecular complexity index is 629. The standard InChI is InChI=1S/C14H14FNO2S/c1-14(2,18)8-3-4-9(11(15)7-8)12-10(13(16)17)5-6-19-12/h3-7,18H,1-2H3,(H2,16,17). The van der Waals surface area contributed by atoms with Crippen molar-refractivity contribution < 1.29 is 14.3 Å². The van der Waals surface area contributed by atoms with E-state index < -0.39 is 17.3 Å². The molecule has 0 aliphatic heterocycles. The van der Waals surface area contributed by atoms with Crippen LogP contribution >= 0.6 is 11.3 Å². The quantitative estimate of drug-likeness (QED) is 0.907. The van der Waals surface area contributed by atoms with Gasteiger partial charge in [-0.25, -0.2) is 4.39 Å². The lowest BCUT2D eigenvalue weighted by atomic mass is 9.96. The van der Waals surface area contributed by atoms with Crippen LogP contribution in [0.15, 0.2) is 29.6 Å². The number of halogens is 1. The molecule has 0 radical (unpaired) electrons. The van der Waals surface area contributed by atoms with Crippen LogP contribution in [0.3, 0.4) is 0 Å². The van der Waals surface area contributed by atoms with Crippen LogP contribution in [0.4, 0.5) is 4.39 Å². The first-order valence-electron chi connectivity index (χ1n) is 5.71. The van der Waals surface area contributed by atoms with Crippen molar-refractivity contribution in [1.29, 1.82) is 0 Å². The van der Waals surface area contributed by atoms with Gasteiger partial charge in [0.1, 0.15) is 5.82 Å². The van der Waals surface area contributed by atoms with Gasteiger partial charge in [-0.2, -0.15) is 0 Å². The zero-order valence-electron chi connectivity index (χ0n) is 10.6. The molecule has 1 heterocycles. The first-order chi connectivity index (χ1) is 8.80. The average Bonchev–Trinajstić information content (AvgIpc) is 2.76. The van der Waals surface area contributed by atoms with Crippen molar-refractivity contribution in [2.24, 2.45) is 5.73 Å². The number of nitrogens with two attached hydrogens (primary N) is 1. The number of aliphatic hydroxyl groups is 1. The molecule has 1 amide bonds. The molecular weight excluding hydrogens is 265 g/mol. The van der Waals surface area contributed by atoms with Crippen LogP contribution in [0.5, 0.6) is 0 Å². The van der Waals surface area contributed by atoms with Crippen LogP contribution in [0.25, 0.3) is 10.4 Å². The van der Waals surface area contributed by atoms with Gasteiger partial charge >= 0.3 is 0 Å². The van der Waals surface area contributed by atoms with E-state index in [9.17, 15) is 14.3 Å². The minimum Gasteiger partial charge on any atom is -0.386 e. The van der Waals surface area contributed by atoms with Gasteiger partial charge in [0, 0.05) is 10.4 Å². The second kappa shape index (κ2) is 4.75. The molecule has 0 bridgehead atoms. The van der Waals surface area contributed by atoms with E-state index in [-0.39, 0.29) is 0 Å². The van der Waals surface area contributed by atoms with E-state index in [0.29, 0.717) is 21.6 Å². The Hall–Kier alpha value is -1.72. The smallest absolute Gasteiger partial charge is 0.250 e. The van der Waals surface area contributed by atoms with Crippen LogP contribution in [-0.4, -0.2) is 11.0 Å².